The van der Waals surface area contributed by atoms with Crippen LogP contribution in [0.2, 0.25) is 0 Å². The van der Waals surface area contributed by atoms with Gasteiger partial charge in [0.05, 0.1) is 0 Å². The highest BCUT2D eigenvalue weighted by Crippen LogP contribution is 2.08. The summed E-state index contributed by atoms with van der Waals surface area (Å²) in [6, 6.07) is 7.87. The van der Waals surface area contributed by atoms with Crippen LogP contribution in [0.4, 0.5) is 0 Å². The lowest BCUT2D eigenvalue weighted by atomic mass is 10.1. The normalized spacial score (nSPS) is 10.9. The maximum atomic E-state index is 11.8. The van der Waals surface area contributed by atoms with Crippen molar-refractivity contribution in [1.29, 1.82) is 0 Å². The maximum Gasteiger partial charge on any atom is 0.188 e. The molecular weight excluding hydrogens is 224 g/mol. The van der Waals surface area contributed by atoms with Crippen molar-refractivity contribution >= 4 is 5.78 Å². The summed E-state index contributed by atoms with van der Waals surface area (Å²) in [7, 11) is 0. The lowest BCUT2D eigenvalue weighted by Gasteiger charge is -2.06. The van der Waals surface area contributed by atoms with Crippen molar-refractivity contribution in [2.75, 3.05) is 13.2 Å². The van der Waals surface area contributed by atoms with Gasteiger partial charge >= 0.3 is 0 Å². The second-order valence-corrected chi connectivity index (χ2v) is 5.11. The molecule has 0 fully saturated rings. The molecule has 0 heterocycles. The van der Waals surface area contributed by atoms with Gasteiger partial charge in [0.2, 0.25) is 0 Å². The summed E-state index contributed by atoms with van der Waals surface area (Å²) in [5.41, 5.74) is 2.04. The quantitative estimate of drug-likeness (QED) is 0.515. The number of hydrogen-bond acceptors (Lipinski definition) is 2. The molecule has 0 spiro atoms. The molecule has 1 aromatic rings. The number of carbonyl (C=O) groups excluding carboxylic acids is 1. The van der Waals surface area contributed by atoms with Gasteiger partial charge in [-0.05, 0) is 24.3 Å². The summed E-state index contributed by atoms with van der Waals surface area (Å²) in [6.45, 7) is 7.31. The van der Waals surface area contributed by atoms with Crippen molar-refractivity contribution in [2.45, 2.75) is 40.0 Å². The first-order valence-electron chi connectivity index (χ1n) is 6.83. The average Bonchev–Trinajstić information content (AvgIpc) is 2.35. The van der Waals surface area contributed by atoms with Crippen LogP contribution in [0.1, 0.15) is 49.5 Å². The number of benzene rings is 1. The summed E-state index contributed by atoms with van der Waals surface area (Å²) < 4.78 is 5.39. The molecule has 100 valence electrons. The minimum Gasteiger partial charge on any atom is -0.373 e. The van der Waals surface area contributed by atoms with Crippen LogP contribution in [0, 0.1) is 5.92 Å². The Hall–Kier alpha value is -1.15. The molecule has 0 aliphatic heterocycles. The Labute approximate surface area is 110 Å². The molecule has 0 saturated carbocycles. The van der Waals surface area contributed by atoms with E-state index in [1.54, 1.807) is 0 Å². The first kappa shape index (κ1) is 14.9. The summed E-state index contributed by atoms with van der Waals surface area (Å²) in [4.78, 5) is 11.8. The first-order chi connectivity index (χ1) is 8.63. The molecule has 2 heteroatoms. The number of rotatable bonds is 8. The van der Waals surface area contributed by atoms with Gasteiger partial charge in [-0.1, -0.05) is 51.5 Å². The maximum absolute atomic E-state index is 11.8. The van der Waals surface area contributed by atoms with Crippen molar-refractivity contribution in [2.24, 2.45) is 5.92 Å². The highest BCUT2D eigenvalue weighted by molar-refractivity contribution is 5.97. The van der Waals surface area contributed by atoms with Crippen molar-refractivity contribution in [1.82, 2.24) is 0 Å². The Morgan fingerprint density at radius 2 is 1.89 bits per heavy atom. The van der Waals surface area contributed by atoms with E-state index in [4.69, 9.17) is 4.74 Å². The molecule has 1 aromatic carbocycles. The Kier molecular flexibility index (Phi) is 6.66. The largest absolute Gasteiger partial charge is 0.373 e. The van der Waals surface area contributed by atoms with Gasteiger partial charge in [-0.2, -0.15) is 0 Å². The van der Waals surface area contributed by atoms with Gasteiger partial charge in [0.25, 0.3) is 0 Å². The molecule has 0 N–H and O–H groups in total. The molecule has 0 unspecified atom stereocenters. The monoisotopic (exact) mass is 248 g/mol. The zero-order valence-corrected chi connectivity index (χ0v) is 11.7. The molecule has 0 atom stereocenters. The van der Waals surface area contributed by atoms with Crippen LogP contribution in [-0.2, 0) is 11.2 Å². The van der Waals surface area contributed by atoms with E-state index in [2.05, 4.69) is 20.8 Å². The van der Waals surface area contributed by atoms with Crippen LogP contribution in [0.5, 0.6) is 0 Å². The minimum absolute atomic E-state index is 0.0711. The molecular formula is C16H24O2. The molecule has 2 nitrogen and oxygen atoms in total. The van der Waals surface area contributed by atoms with Crippen LogP contribution < -0.4 is 0 Å². The second kappa shape index (κ2) is 8.04. The molecule has 1 rings (SSSR count). The van der Waals surface area contributed by atoms with E-state index in [1.165, 1.54) is 5.56 Å². The van der Waals surface area contributed by atoms with Crippen LogP contribution in [0.15, 0.2) is 24.3 Å². The van der Waals surface area contributed by atoms with E-state index in [9.17, 15) is 4.79 Å². The number of aryl methyl sites for hydroxylation is 1. The summed E-state index contributed by atoms with van der Waals surface area (Å²) in [6.07, 6.45) is 3.20. The summed E-state index contributed by atoms with van der Waals surface area (Å²) in [5, 5.41) is 0. The molecule has 18 heavy (non-hydrogen) atoms. The van der Waals surface area contributed by atoms with Gasteiger partial charge < -0.3 is 4.74 Å². The van der Waals surface area contributed by atoms with Crippen molar-refractivity contribution in [3.63, 3.8) is 0 Å². The Morgan fingerprint density at radius 3 is 2.44 bits per heavy atom. The highest BCUT2D eigenvalue weighted by atomic mass is 16.5. The van der Waals surface area contributed by atoms with Crippen molar-refractivity contribution in [3.05, 3.63) is 35.4 Å². The topological polar surface area (TPSA) is 26.3 Å². The van der Waals surface area contributed by atoms with Crippen molar-refractivity contribution in [3.8, 4) is 0 Å². The molecule has 0 aliphatic rings. The first-order valence-corrected chi connectivity index (χ1v) is 6.83. The van der Waals surface area contributed by atoms with Gasteiger partial charge in [0.1, 0.15) is 6.61 Å². The molecule has 0 bridgehead atoms. The summed E-state index contributed by atoms with van der Waals surface area (Å²) >= 11 is 0. The number of Topliss-reactive ketones (excluding diaryl/α,β-unsaturated/α-hetero) is 1. The SMILES string of the molecule is CCCc1ccc(C(=O)COCCC(C)C)cc1. The third kappa shape index (κ3) is 5.46. The lowest BCUT2D eigenvalue weighted by molar-refractivity contribution is 0.0739. The van der Waals surface area contributed by atoms with E-state index in [0.717, 1.165) is 24.8 Å². The fourth-order valence-corrected chi connectivity index (χ4v) is 1.71. The highest BCUT2D eigenvalue weighted by Gasteiger charge is 2.06. The molecule has 0 aliphatic carbocycles. The third-order valence-corrected chi connectivity index (χ3v) is 2.89. The number of ether oxygens (including phenoxy) is 1. The van der Waals surface area contributed by atoms with Gasteiger partial charge in [0, 0.05) is 12.2 Å². The van der Waals surface area contributed by atoms with Crippen molar-refractivity contribution < 1.29 is 9.53 Å². The van der Waals surface area contributed by atoms with Gasteiger partial charge in [-0.25, -0.2) is 0 Å². The number of hydrogen-bond donors (Lipinski definition) is 0. The van der Waals surface area contributed by atoms with Gasteiger partial charge in [-0.15, -0.1) is 0 Å². The average molecular weight is 248 g/mol. The Morgan fingerprint density at radius 1 is 1.22 bits per heavy atom. The van der Waals surface area contributed by atoms with E-state index in [0.29, 0.717) is 12.5 Å². The Bertz CT molecular complexity index is 352. The lowest BCUT2D eigenvalue weighted by Crippen LogP contribution is -2.10. The van der Waals surface area contributed by atoms with Crippen LogP contribution >= 0.6 is 0 Å². The predicted molar refractivity (Wildman–Crippen MR) is 75.0 cm³/mol. The second-order valence-electron chi connectivity index (χ2n) is 5.11. The standard InChI is InChI=1S/C16H24O2/c1-4-5-14-6-8-15(9-7-14)16(17)12-18-11-10-13(2)3/h6-9,13H,4-5,10-12H2,1-3H3. The fourth-order valence-electron chi connectivity index (χ4n) is 1.71. The van der Waals surface area contributed by atoms with Gasteiger partial charge in [0.15, 0.2) is 5.78 Å². The van der Waals surface area contributed by atoms with E-state index in [1.807, 2.05) is 24.3 Å². The van der Waals surface area contributed by atoms with E-state index < -0.39 is 0 Å². The van der Waals surface area contributed by atoms with E-state index >= 15 is 0 Å². The van der Waals surface area contributed by atoms with Crippen LogP contribution in [0.3, 0.4) is 0 Å². The fraction of sp³-hybridized carbons (Fsp3) is 0.562. The molecule has 0 amide bonds. The molecule has 0 saturated heterocycles. The van der Waals surface area contributed by atoms with Crippen LogP contribution in [0.25, 0.3) is 0 Å². The predicted octanol–water partition coefficient (Wildman–Crippen LogP) is 3.88. The number of ketones is 1. The smallest absolute Gasteiger partial charge is 0.188 e. The number of carbonyl (C=O) groups is 1. The Balaban J connectivity index is 2.37. The van der Waals surface area contributed by atoms with Gasteiger partial charge in [-0.3, -0.25) is 4.79 Å². The zero-order chi connectivity index (χ0) is 13.4. The third-order valence-electron chi connectivity index (χ3n) is 2.89. The van der Waals surface area contributed by atoms with Crippen LogP contribution in [-0.4, -0.2) is 19.0 Å². The van der Waals surface area contributed by atoms with E-state index in [-0.39, 0.29) is 12.4 Å². The summed E-state index contributed by atoms with van der Waals surface area (Å²) in [5.74, 6) is 0.690. The molecule has 0 aromatic heterocycles. The zero-order valence-electron chi connectivity index (χ0n) is 11.7. The minimum atomic E-state index is 0.0711. The molecule has 0 radical (unpaired) electrons.